The van der Waals surface area contributed by atoms with Crippen molar-refractivity contribution >= 4 is 5.91 Å². The molecule has 0 spiro atoms. The van der Waals surface area contributed by atoms with Gasteiger partial charge >= 0.3 is 0 Å². The van der Waals surface area contributed by atoms with Crippen LogP contribution in [0.25, 0.3) is 0 Å². The van der Waals surface area contributed by atoms with Gasteiger partial charge < -0.3 is 19.1 Å². The van der Waals surface area contributed by atoms with E-state index >= 15 is 0 Å². The Balaban J connectivity index is 1.71. The maximum absolute atomic E-state index is 12.9. The number of hydrogen-bond donors (Lipinski definition) is 0. The van der Waals surface area contributed by atoms with Crippen molar-refractivity contribution in [3.05, 3.63) is 42.4 Å². The molecule has 0 radical (unpaired) electrons. The lowest BCUT2D eigenvalue weighted by Gasteiger charge is -2.33. The third-order valence-corrected chi connectivity index (χ3v) is 4.15. The van der Waals surface area contributed by atoms with Gasteiger partial charge in [0.15, 0.2) is 0 Å². The molecule has 0 N–H and O–H groups in total. The minimum absolute atomic E-state index is 0.0736. The zero-order valence-electron chi connectivity index (χ0n) is 14.3. The molecule has 25 heavy (non-hydrogen) atoms. The van der Waals surface area contributed by atoms with Gasteiger partial charge in [-0.1, -0.05) is 0 Å². The summed E-state index contributed by atoms with van der Waals surface area (Å²) in [6, 6.07) is 6.92. The Morgan fingerprint density at radius 1 is 1.24 bits per heavy atom. The average molecular weight is 343 g/mol. The molecule has 1 aromatic heterocycles. The molecule has 1 aliphatic heterocycles. The van der Waals surface area contributed by atoms with Gasteiger partial charge in [0.25, 0.3) is 5.91 Å². The van der Waals surface area contributed by atoms with Crippen molar-refractivity contribution in [1.82, 2.24) is 14.9 Å². The Bertz CT molecular complexity index is 724. The molecule has 1 aromatic carbocycles. The molecule has 132 valence electrons. The maximum Gasteiger partial charge on any atom is 0.257 e. The van der Waals surface area contributed by atoms with Crippen LogP contribution in [0.5, 0.6) is 17.4 Å². The molecule has 2 heterocycles. The normalized spacial score (nSPS) is 17.0. The van der Waals surface area contributed by atoms with E-state index < -0.39 is 0 Å². The summed E-state index contributed by atoms with van der Waals surface area (Å²) in [5.41, 5.74) is 0.519. The SMILES string of the molecule is COc1ccc(C(=O)N2CCCC(Oc3ccncn3)C2)c(OC)c1. The molecule has 7 heteroatoms. The highest BCUT2D eigenvalue weighted by Gasteiger charge is 2.27. The molecule has 1 fully saturated rings. The summed E-state index contributed by atoms with van der Waals surface area (Å²) >= 11 is 0. The van der Waals surface area contributed by atoms with Gasteiger partial charge in [-0.25, -0.2) is 9.97 Å². The van der Waals surface area contributed by atoms with Crippen LogP contribution >= 0.6 is 0 Å². The van der Waals surface area contributed by atoms with E-state index in [-0.39, 0.29) is 12.0 Å². The lowest BCUT2D eigenvalue weighted by atomic mass is 10.1. The lowest BCUT2D eigenvalue weighted by Crippen LogP contribution is -2.44. The number of rotatable bonds is 5. The molecule has 3 rings (SSSR count). The average Bonchev–Trinajstić information content (AvgIpc) is 2.68. The lowest BCUT2D eigenvalue weighted by molar-refractivity contribution is 0.0524. The molecule has 2 aromatic rings. The number of piperidine rings is 1. The highest BCUT2D eigenvalue weighted by Crippen LogP contribution is 2.27. The third-order valence-electron chi connectivity index (χ3n) is 4.15. The van der Waals surface area contributed by atoms with E-state index in [4.69, 9.17) is 14.2 Å². The summed E-state index contributed by atoms with van der Waals surface area (Å²) in [5, 5.41) is 0. The molecule has 1 saturated heterocycles. The number of carbonyl (C=O) groups excluding carboxylic acids is 1. The minimum Gasteiger partial charge on any atom is -0.497 e. The maximum atomic E-state index is 12.9. The first kappa shape index (κ1) is 17.0. The molecule has 1 amide bonds. The second-order valence-corrected chi connectivity index (χ2v) is 5.75. The topological polar surface area (TPSA) is 73.8 Å². The first-order chi connectivity index (χ1) is 12.2. The first-order valence-corrected chi connectivity index (χ1v) is 8.15. The van der Waals surface area contributed by atoms with Gasteiger partial charge in [0, 0.05) is 24.9 Å². The Morgan fingerprint density at radius 2 is 2.12 bits per heavy atom. The molecular weight excluding hydrogens is 322 g/mol. The first-order valence-electron chi connectivity index (χ1n) is 8.15. The van der Waals surface area contributed by atoms with Crippen molar-refractivity contribution in [2.45, 2.75) is 18.9 Å². The van der Waals surface area contributed by atoms with Crippen LogP contribution in [0.3, 0.4) is 0 Å². The van der Waals surface area contributed by atoms with Crippen molar-refractivity contribution in [3.8, 4) is 17.4 Å². The number of carbonyl (C=O) groups is 1. The summed E-state index contributed by atoms with van der Waals surface area (Å²) in [6.07, 6.45) is 4.75. The molecule has 0 saturated carbocycles. The second-order valence-electron chi connectivity index (χ2n) is 5.75. The highest BCUT2D eigenvalue weighted by molar-refractivity contribution is 5.97. The Morgan fingerprint density at radius 3 is 2.84 bits per heavy atom. The number of aromatic nitrogens is 2. The van der Waals surface area contributed by atoms with Crippen LogP contribution in [-0.4, -0.2) is 54.2 Å². The van der Waals surface area contributed by atoms with Gasteiger partial charge in [-0.05, 0) is 25.0 Å². The smallest absolute Gasteiger partial charge is 0.257 e. The van der Waals surface area contributed by atoms with E-state index in [0.29, 0.717) is 36.0 Å². The van der Waals surface area contributed by atoms with Crippen molar-refractivity contribution in [3.63, 3.8) is 0 Å². The second kappa shape index (κ2) is 7.83. The van der Waals surface area contributed by atoms with Gasteiger partial charge in [-0.15, -0.1) is 0 Å². The summed E-state index contributed by atoms with van der Waals surface area (Å²) in [4.78, 5) is 22.6. The van der Waals surface area contributed by atoms with Crippen LogP contribution in [0.15, 0.2) is 36.8 Å². The highest BCUT2D eigenvalue weighted by atomic mass is 16.5. The Labute approximate surface area is 146 Å². The molecule has 7 nitrogen and oxygen atoms in total. The van der Waals surface area contributed by atoms with Gasteiger partial charge in [-0.2, -0.15) is 0 Å². The summed E-state index contributed by atoms with van der Waals surface area (Å²) in [7, 11) is 3.12. The van der Waals surface area contributed by atoms with Crippen LogP contribution in [-0.2, 0) is 0 Å². The number of methoxy groups -OCH3 is 2. The predicted octanol–water partition coefficient (Wildman–Crippen LogP) is 2.18. The van der Waals surface area contributed by atoms with E-state index in [2.05, 4.69) is 9.97 Å². The zero-order chi connectivity index (χ0) is 17.6. The quantitative estimate of drug-likeness (QED) is 0.828. The third kappa shape index (κ3) is 3.99. The van der Waals surface area contributed by atoms with Gasteiger partial charge in [0.2, 0.25) is 5.88 Å². The molecular formula is C18H21N3O4. The standard InChI is InChI=1S/C18H21N3O4/c1-23-13-5-6-15(16(10-13)24-2)18(22)21-9-3-4-14(11-21)25-17-7-8-19-12-20-17/h5-8,10,12,14H,3-4,9,11H2,1-2H3. The van der Waals surface area contributed by atoms with E-state index in [1.54, 1.807) is 49.6 Å². The van der Waals surface area contributed by atoms with Crippen LogP contribution in [0.2, 0.25) is 0 Å². The Kier molecular flexibility index (Phi) is 5.33. The minimum atomic E-state index is -0.0863. The van der Waals surface area contributed by atoms with Crippen molar-refractivity contribution in [2.75, 3.05) is 27.3 Å². The van der Waals surface area contributed by atoms with E-state index in [1.807, 2.05) is 0 Å². The van der Waals surface area contributed by atoms with Crippen LogP contribution in [0.4, 0.5) is 0 Å². The van der Waals surface area contributed by atoms with E-state index in [0.717, 1.165) is 12.8 Å². The van der Waals surface area contributed by atoms with Crippen molar-refractivity contribution in [2.24, 2.45) is 0 Å². The number of likely N-dealkylation sites (tertiary alicyclic amines) is 1. The molecule has 0 bridgehead atoms. The summed E-state index contributed by atoms with van der Waals surface area (Å²) in [5.74, 6) is 1.60. The number of ether oxygens (including phenoxy) is 3. The molecule has 0 aliphatic carbocycles. The van der Waals surface area contributed by atoms with Crippen molar-refractivity contribution in [1.29, 1.82) is 0 Å². The number of benzene rings is 1. The number of amides is 1. The van der Waals surface area contributed by atoms with Crippen LogP contribution in [0.1, 0.15) is 23.2 Å². The predicted molar refractivity (Wildman–Crippen MR) is 91.1 cm³/mol. The molecule has 1 atom stereocenters. The fourth-order valence-electron chi connectivity index (χ4n) is 2.88. The number of hydrogen-bond acceptors (Lipinski definition) is 6. The largest absolute Gasteiger partial charge is 0.497 e. The molecule has 1 aliphatic rings. The van der Waals surface area contributed by atoms with E-state index in [1.165, 1.54) is 6.33 Å². The fourth-order valence-corrected chi connectivity index (χ4v) is 2.88. The van der Waals surface area contributed by atoms with Gasteiger partial charge in [-0.3, -0.25) is 4.79 Å². The van der Waals surface area contributed by atoms with Crippen molar-refractivity contribution < 1.29 is 19.0 Å². The van der Waals surface area contributed by atoms with Gasteiger partial charge in [0.05, 0.1) is 26.3 Å². The molecule has 1 unspecified atom stereocenters. The van der Waals surface area contributed by atoms with Gasteiger partial charge in [0.1, 0.15) is 23.9 Å². The van der Waals surface area contributed by atoms with Crippen LogP contribution < -0.4 is 14.2 Å². The zero-order valence-corrected chi connectivity index (χ0v) is 14.3. The monoisotopic (exact) mass is 343 g/mol. The summed E-state index contributed by atoms with van der Waals surface area (Å²) in [6.45, 7) is 1.20. The Hall–Kier alpha value is -2.83. The fraction of sp³-hybridized carbons (Fsp3) is 0.389. The number of nitrogens with zero attached hydrogens (tertiary/aromatic N) is 3. The summed E-state index contributed by atoms with van der Waals surface area (Å²) < 4.78 is 16.4. The van der Waals surface area contributed by atoms with Crippen LogP contribution in [0, 0.1) is 0 Å². The van der Waals surface area contributed by atoms with E-state index in [9.17, 15) is 4.79 Å².